The minimum Gasteiger partial charge on any atom is -0.390 e. The molecule has 0 amide bonds. The van der Waals surface area contributed by atoms with Crippen molar-refractivity contribution in [3.05, 3.63) is 0 Å². The fourth-order valence-corrected chi connectivity index (χ4v) is 8.72. The number of aliphatic hydroxyl groups excluding tert-OH is 2. The molecule has 1 spiro atoms. The van der Waals surface area contributed by atoms with Gasteiger partial charge in [0.05, 0.1) is 30.0 Å². The highest BCUT2D eigenvalue weighted by Gasteiger charge is 2.80. The lowest BCUT2D eigenvalue weighted by atomic mass is 9.39. The van der Waals surface area contributed by atoms with Crippen LogP contribution in [0, 0.1) is 23.2 Å². The molecule has 6 rings (SSSR count). The first kappa shape index (κ1) is 17.6. The summed E-state index contributed by atoms with van der Waals surface area (Å²) in [5.41, 5.74) is -1.44. The van der Waals surface area contributed by atoms with Crippen LogP contribution < -0.4 is 0 Å². The molecule has 0 aromatic carbocycles. The van der Waals surface area contributed by atoms with Gasteiger partial charge in [0.25, 0.3) is 0 Å². The highest BCUT2D eigenvalue weighted by molar-refractivity contribution is 5.30. The first-order chi connectivity index (χ1) is 12.9. The molecule has 2 heterocycles. The summed E-state index contributed by atoms with van der Waals surface area (Å²) in [4.78, 5) is 2.63. The molecule has 152 valence electrons. The lowest BCUT2D eigenvalue weighted by molar-refractivity contribution is -0.304. The maximum atomic E-state index is 12.4. The van der Waals surface area contributed by atoms with Crippen LogP contribution in [0.3, 0.4) is 0 Å². The SMILES string of the molecule is C[C@@]12CC3CCC(O)C4O[C@H]5[C@@H](O)CC[C@]1(O)[C@@]5(CCN2CC1CCC1)C34. The van der Waals surface area contributed by atoms with Gasteiger partial charge in [-0.2, -0.15) is 0 Å². The fourth-order valence-electron chi connectivity index (χ4n) is 8.72. The summed E-state index contributed by atoms with van der Waals surface area (Å²) in [7, 11) is 0. The van der Waals surface area contributed by atoms with Crippen LogP contribution in [0.1, 0.15) is 64.7 Å². The molecule has 0 aromatic heterocycles. The smallest absolute Gasteiger partial charge is 0.0927 e. The van der Waals surface area contributed by atoms with E-state index in [4.69, 9.17) is 4.74 Å². The van der Waals surface area contributed by atoms with Crippen molar-refractivity contribution in [2.24, 2.45) is 23.2 Å². The average molecular weight is 378 g/mol. The van der Waals surface area contributed by atoms with Gasteiger partial charge in [0, 0.05) is 23.4 Å². The molecular formula is C22H35NO4. The lowest BCUT2D eigenvalue weighted by Crippen LogP contribution is -2.82. The normalized spacial score (nSPS) is 60.0. The first-order valence-corrected chi connectivity index (χ1v) is 11.4. The summed E-state index contributed by atoms with van der Waals surface area (Å²) in [6.07, 6.45) is 7.56. The van der Waals surface area contributed by atoms with E-state index in [1.807, 2.05) is 0 Å². The molecule has 0 radical (unpaired) electrons. The van der Waals surface area contributed by atoms with Gasteiger partial charge in [-0.05, 0) is 76.7 Å². The third kappa shape index (κ3) is 1.90. The molecule has 9 atom stereocenters. The number of nitrogens with zero attached hydrogens (tertiary/aromatic N) is 1. The van der Waals surface area contributed by atoms with E-state index >= 15 is 0 Å². The van der Waals surface area contributed by atoms with Gasteiger partial charge in [-0.1, -0.05) is 6.42 Å². The van der Waals surface area contributed by atoms with Crippen molar-refractivity contribution in [3.63, 3.8) is 0 Å². The van der Waals surface area contributed by atoms with Gasteiger partial charge in [-0.25, -0.2) is 0 Å². The van der Waals surface area contributed by atoms with Crippen molar-refractivity contribution in [1.82, 2.24) is 4.90 Å². The number of ether oxygens (including phenoxy) is 1. The summed E-state index contributed by atoms with van der Waals surface area (Å²) in [5.74, 6) is 1.48. The molecule has 6 aliphatic rings. The summed E-state index contributed by atoms with van der Waals surface area (Å²) in [5, 5.41) is 34.0. The van der Waals surface area contributed by atoms with Crippen LogP contribution in [0.2, 0.25) is 0 Å². The van der Waals surface area contributed by atoms with E-state index < -0.39 is 17.8 Å². The second-order valence-electron chi connectivity index (χ2n) is 10.9. The van der Waals surface area contributed by atoms with Crippen molar-refractivity contribution in [3.8, 4) is 0 Å². The van der Waals surface area contributed by atoms with Crippen LogP contribution in [0.15, 0.2) is 0 Å². The maximum Gasteiger partial charge on any atom is 0.0927 e. The van der Waals surface area contributed by atoms with Crippen LogP contribution in [0.5, 0.6) is 0 Å². The number of hydrogen-bond acceptors (Lipinski definition) is 5. The zero-order valence-electron chi connectivity index (χ0n) is 16.5. The van der Waals surface area contributed by atoms with Gasteiger partial charge in [-0.3, -0.25) is 4.90 Å². The Kier molecular flexibility index (Phi) is 3.58. The molecule has 6 fully saturated rings. The Balaban J connectivity index is 1.47. The third-order valence-corrected chi connectivity index (χ3v) is 10.1. The topological polar surface area (TPSA) is 73.2 Å². The standard InChI is InChI=1S/C22H35NO4/c1-20-11-14-5-6-15(24)18-17(14)21(9-10-23(20)12-13-3-2-4-13)19(27-18)16(25)7-8-22(20,21)26/h13-19,24-26H,2-12H2,1H3/t14?,15?,16-,17?,18?,19-,20+,21-,22+/m0/s1. The zero-order valence-corrected chi connectivity index (χ0v) is 16.5. The predicted molar refractivity (Wildman–Crippen MR) is 100 cm³/mol. The van der Waals surface area contributed by atoms with Crippen LogP contribution in [0.25, 0.3) is 0 Å². The molecule has 4 saturated carbocycles. The van der Waals surface area contributed by atoms with E-state index in [2.05, 4.69) is 11.8 Å². The molecule has 2 saturated heterocycles. The first-order valence-electron chi connectivity index (χ1n) is 11.4. The van der Waals surface area contributed by atoms with E-state index in [9.17, 15) is 15.3 Å². The van der Waals surface area contributed by atoms with Crippen molar-refractivity contribution in [2.45, 2.75) is 100 Å². The molecule has 5 nitrogen and oxygen atoms in total. The van der Waals surface area contributed by atoms with Crippen molar-refractivity contribution >= 4 is 0 Å². The summed E-state index contributed by atoms with van der Waals surface area (Å²) >= 11 is 0. The monoisotopic (exact) mass is 377 g/mol. The Morgan fingerprint density at radius 2 is 1.85 bits per heavy atom. The van der Waals surface area contributed by atoms with E-state index in [1.54, 1.807) is 0 Å². The lowest BCUT2D eigenvalue weighted by Gasteiger charge is -2.72. The molecule has 0 aromatic rings. The number of aliphatic hydroxyl groups is 3. The largest absolute Gasteiger partial charge is 0.390 e. The number of hydrogen-bond donors (Lipinski definition) is 3. The minimum atomic E-state index is -0.821. The van der Waals surface area contributed by atoms with Crippen molar-refractivity contribution in [1.29, 1.82) is 0 Å². The molecule has 27 heavy (non-hydrogen) atoms. The molecule has 4 aliphatic carbocycles. The van der Waals surface area contributed by atoms with Gasteiger partial charge in [-0.15, -0.1) is 0 Å². The maximum absolute atomic E-state index is 12.4. The number of rotatable bonds is 2. The van der Waals surface area contributed by atoms with Crippen LogP contribution in [-0.2, 0) is 4.74 Å². The second kappa shape index (κ2) is 5.48. The van der Waals surface area contributed by atoms with Crippen LogP contribution >= 0.6 is 0 Å². The van der Waals surface area contributed by atoms with Gasteiger partial charge in [0.1, 0.15) is 0 Å². The summed E-state index contributed by atoms with van der Waals surface area (Å²) in [6.45, 7) is 4.43. The zero-order chi connectivity index (χ0) is 18.6. The van der Waals surface area contributed by atoms with Crippen molar-refractivity contribution in [2.75, 3.05) is 13.1 Å². The van der Waals surface area contributed by atoms with Crippen molar-refractivity contribution < 1.29 is 20.1 Å². The Bertz CT molecular complexity index is 640. The van der Waals surface area contributed by atoms with Crippen LogP contribution in [0.4, 0.5) is 0 Å². The van der Waals surface area contributed by atoms with Gasteiger partial charge < -0.3 is 20.1 Å². The molecule has 2 bridgehead atoms. The second-order valence-corrected chi connectivity index (χ2v) is 10.9. The number of likely N-dealkylation sites (tertiary alicyclic amines) is 1. The van der Waals surface area contributed by atoms with Gasteiger partial charge in [0.15, 0.2) is 0 Å². The Morgan fingerprint density at radius 1 is 1.04 bits per heavy atom. The molecule has 2 aliphatic heterocycles. The minimum absolute atomic E-state index is 0.198. The Hall–Kier alpha value is -0.200. The molecule has 5 heteroatoms. The Labute approximate surface area is 162 Å². The van der Waals surface area contributed by atoms with Crippen LogP contribution in [-0.4, -0.2) is 68.9 Å². The highest BCUT2D eigenvalue weighted by atomic mass is 16.5. The van der Waals surface area contributed by atoms with E-state index in [0.717, 1.165) is 44.7 Å². The van der Waals surface area contributed by atoms with Gasteiger partial charge >= 0.3 is 0 Å². The molecular weight excluding hydrogens is 342 g/mol. The van der Waals surface area contributed by atoms with E-state index in [-0.39, 0.29) is 29.1 Å². The summed E-state index contributed by atoms with van der Waals surface area (Å²) in [6, 6.07) is 0. The van der Waals surface area contributed by atoms with Gasteiger partial charge in [0.2, 0.25) is 0 Å². The summed E-state index contributed by atoms with van der Waals surface area (Å²) < 4.78 is 6.43. The fraction of sp³-hybridized carbons (Fsp3) is 1.00. The van der Waals surface area contributed by atoms with E-state index in [0.29, 0.717) is 18.8 Å². The Morgan fingerprint density at radius 3 is 2.59 bits per heavy atom. The third-order valence-electron chi connectivity index (χ3n) is 10.1. The predicted octanol–water partition coefficient (Wildman–Crippen LogP) is 1.68. The average Bonchev–Trinajstić information content (AvgIpc) is 2.95. The van der Waals surface area contributed by atoms with E-state index in [1.165, 1.54) is 19.3 Å². The quantitative estimate of drug-likeness (QED) is 0.683. The number of piperidine rings is 1. The molecule has 4 unspecified atom stereocenters. The highest BCUT2D eigenvalue weighted by Crippen LogP contribution is 2.72. The molecule has 3 N–H and O–H groups in total.